The lowest BCUT2D eigenvalue weighted by molar-refractivity contribution is -0.385. The average Bonchev–Trinajstić information content (AvgIpc) is 2.62. The molecular formula is C19H23N3O4. The van der Waals surface area contributed by atoms with Crippen LogP contribution in [-0.2, 0) is 6.54 Å². The van der Waals surface area contributed by atoms with Gasteiger partial charge in [0, 0.05) is 45.0 Å². The van der Waals surface area contributed by atoms with Gasteiger partial charge in [-0.2, -0.15) is 0 Å². The summed E-state index contributed by atoms with van der Waals surface area (Å²) in [6.45, 7) is 2.47. The molecule has 0 unspecified atom stereocenters. The molecule has 2 aromatic carbocycles. The first-order valence-corrected chi connectivity index (χ1v) is 8.26. The lowest BCUT2D eigenvalue weighted by atomic mass is 10.1. The Hall–Kier alpha value is -3.09. The van der Waals surface area contributed by atoms with Crippen LogP contribution in [0.1, 0.15) is 22.8 Å². The molecule has 0 aromatic heterocycles. The number of nitro benzene ring substituents is 1. The zero-order valence-electron chi connectivity index (χ0n) is 15.4. The third-order valence-electron chi connectivity index (χ3n) is 3.92. The third kappa shape index (κ3) is 4.50. The fourth-order valence-electron chi connectivity index (χ4n) is 2.54. The maximum atomic E-state index is 12.6. The topological polar surface area (TPSA) is 75.9 Å². The van der Waals surface area contributed by atoms with Gasteiger partial charge in [0.05, 0.1) is 11.5 Å². The van der Waals surface area contributed by atoms with E-state index in [-0.39, 0.29) is 22.9 Å². The molecule has 0 radical (unpaired) electrons. The second-order valence-corrected chi connectivity index (χ2v) is 6.09. The van der Waals surface area contributed by atoms with Crippen LogP contribution >= 0.6 is 0 Å². The molecule has 0 heterocycles. The predicted molar refractivity (Wildman–Crippen MR) is 101 cm³/mol. The largest absolute Gasteiger partial charge is 0.487 e. The molecule has 0 spiro atoms. The lowest BCUT2D eigenvalue weighted by Crippen LogP contribution is -2.26. The number of carbonyl (C=O) groups is 1. The van der Waals surface area contributed by atoms with Crippen LogP contribution in [0.15, 0.2) is 42.5 Å². The number of benzene rings is 2. The molecule has 0 bridgehead atoms. The minimum Gasteiger partial charge on any atom is -0.487 e. The van der Waals surface area contributed by atoms with E-state index in [1.165, 1.54) is 17.0 Å². The summed E-state index contributed by atoms with van der Waals surface area (Å²) in [6.07, 6.45) is 0. The van der Waals surface area contributed by atoms with Crippen molar-refractivity contribution in [1.82, 2.24) is 4.90 Å². The Morgan fingerprint density at radius 2 is 1.77 bits per heavy atom. The van der Waals surface area contributed by atoms with Gasteiger partial charge in [0.15, 0.2) is 5.75 Å². The molecule has 0 atom stereocenters. The molecule has 1 amide bonds. The molecule has 7 nitrogen and oxygen atoms in total. The smallest absolute Gasteiger partial charge is 0.311 e. The van der Waals surface area contributed by atoms with Crippen LogP contribution in [0.4, 0.5) is 11.4 Å². The Morgan fingerprint density at radius 1 is 1.12 bits per heavy atom. The standard InChI is InChI=1S/C19H23N3O4/c1-5-26-18-11-8-15(12-17(18)22(24)25)19(23)21(4)13-14-6-9-16(10-7-14)20(2)3/h6-12H,5,13H2,1-4H3. The van der Waals surface area contributed by atoms with Gasteiger partial charge in [-0.05, 0) is 36.8 Å². The summed E-state index contributed by atoms with van der Waals surface area (Å²) < 4.78 is 5.25. The van der Waals surface area contributed by atoms with Crippen LogP contribution in [0.5, 0.6) is 5.75 Å². The molecule has 2 rings (SSSR count). The Bertz CT molecular complexity index is 788. The zero-order chi connectivity index (χ0) is 19.3. The molecule has 138 valence electrons. The highest BCUT2D eigenvalue weighted by atomic mass is 16.6. The van der Waals surface area contributed by atoms with E-state index in [2.05, 4.69) is 0 Å². The van der Waals surface area contributed by atoms with Crippen LogP contribution in [0.3, 0.4) is 0 Å². The van der Waals surface area contributed by atoms with E-state index in [1.807, 2.05) is 43.3 Å². The van der Waals surface area contributed by atoms with Crippen molar-refractivity contribution in [1.29, 1.82) is 0 Å². The first-order valence-electron chi connectivity index (χ1n) is 8.26. The summed E-state index contributed by atoms with van der Waals surface area (Å²) in [6, 6.07) is 12.2. The Balaban J connectivity index is 2.16. The Morgan fingerprint density at radius 3 is 2.31 bits per heavy atom. The molecule has 0 aliphatic rings. The zero-order valence-corrected chi connectivity index (χ0v) is 15.4. The van der Waals surface area contributed by atoms with E-state index < -0.39 is 4.92 Å². The first-order chi connectivity index (χ1) is 12.3. The number of ether oxygens (including phenoxy) is 1. The molecule has 2 aromatic rings. The van der Waals surface area contributed by atoms with Gasteiger partial charge < -0.3 is 14.5 Å². The van der Waals surface area contributed by atoms with Gasteiger partial charge in [-0.25, -0.2) is 0 Å². The summed E-state index contributed by atoms with van der Waals surface area (Å²) in [7, 11) is 5.59. The first kappa shape index (κ1) is 19.2. The molecule has 0 saturated heterocycles. The van der Waals surface area contributed by atoms with Gasteiger partial charge in [-0.1, -0.05) is 12.1 Å². The number of nitro groups is 1. The highest BCUT2D eigenvalue weighted by Gasteiger charge is 2.20. The fraction of sp³-hybridized carbons (Fsp3) is 0.316. The maximum absolute atomic E-state index is 12.6. The molecular weight excluding hydrogens is 334 g/mol. The number of rotatable bonds is 7. The molecule has 0 saturated carbocycles. The van der Waals surface area contributed by atoms with Crippen molar-refractivity contribution in [3.05, 3.63) is 63.7 Å². The minimum atomic E-state index is -0.540. The quantitative estimate of drug-likeness (QED) is 0.561. The summed E-state index contributed by atoms with van der Waals surface area (Å²) in [5.74, 6) is -0.121. The summed E-state index contributed by atoms with van der Waals surface area (Å²) in [5, 5.41) is 11.2. The molecule has 0 fully saturated rings. The molecule has 26 heavy (non-hydrogen) atoms. The summed E-state index contributed by atoms with van der Waals surface area (Å²) in [5.41, 5.74) is 2.10. The van der Waals surface area contributed by atoms with Crippen LogP contribution in [0.2, 0.25) is 0 Å². The van der Waals surface area contributed by atoms with Gasteiger partial charge in [0.2, 0.25) is 0 Å². The van der Waals surface area contributed by atoms with E-state index >= 15 is 0 Å². The maximum Gasteiger partial charge on any atom is 0.311 e. The van der Waals surface area contributed by atoms with Crippen molar-refractivity contribution in [3.63, 3.8) is 0 Å². The van der Waals surface area contributed by atoms with Crippen molar-refractivity contribution in [3.8, 4) is 5.75 Å². The third-order valence-corrected chi connectivity index (χ3v) is 3.92. The van der Waals surface area contributed by atoms with E-state index in [1.54, 1.807) is 20.0 Å². The van der Waals surface area contributed by atoms with Crippen LogP contribution < -0.4 is 9.64 Å². The minimum absolute atomic E-state index is 0.163. The number of hydrogen-bond donors (Lipinski definition) is 0. The number of carbonyl (C=O) groups excluding carboxylic acids is 1. The fourth-order valence-corrected chi connectivity index (χ4v) is 2.54. The van der Waals surface area contributed by atoms with Crippen molar-refractivity contribution in [2.75, 3.05) is 32.6 Å². The van der Waals surface area contributed by atoms with Gasteiger partial charge >= 0.3 is 5.69 Å². The predicted octanol–water partition coefficient (Wildman–Crippen LogP) is 3.33. The van der Waals surface area contributed by atoms with Crippen LogP contribution in [0.25, 0.3) is 0 Å². The summed E-state index contributed by atoms with van der Waals surface area (Å²) >= 11 is 0. The van der Waals surface area contributed by atoms with Gasteiger partial charge in [0.25, 0.3) is 5.91 Å². The Labute approximate surface area is 152 Å². The van der Waals surface area contributed by atoms with E-state index in [9.17, 15) is 14.9 Å². The number of anilines is 1. The van der Waals surface area contributed by atoms with Gasteiger partial charge in [-0.15, -0.1) is 0 Å². The molecule has 0 aliphatic carbocycles. The summed E-state index contributed by atoms with van der Waals surface area (Å²) in [4.78, 5) is 26.8. The number of nitrogens with zero attached hydrogens (tertiary/aromatic N) is 3. The second kappa shape index (κ2) is 8.33. The van der Waals surface area contributed by atoms with Crippen molar-refractivity contribution < 1.29 is 14.5 Å². The molecule has 7 heteroatoms. The normalized spacial score (nSPS) is 10.3. The number of hydrogen-bond acceptors (Lipinski definition) is 5. The average molecular weight is 357 g/mol. The van der Waals surface area contributed by atoms with Crippen molar-refractivity contribution in [2.24, 2.45) is 0 Å². The Kier molecular flexibility index (Phi) is 6.16. The van der Waals surface area contributed by atoms with E-state index in [0.29, 0.717) is 13.2 Å². The SMILES string of the molecule is CCOc1ccc(C(=O)N(C)Cc2ccc(N(C)C)cc2)cc1[N+](=O)[O-]. The number of amides is 1. The monoisotopic (exact) mass is 357 g/mol. The van der Waals surface area contributed by atoms with Crippen LogP contribution in [-0.4, -0.2) is 43.5 Å². The van der Waals surface area contributed by atoms with Crippen molar-refractivity contribution in [2.45, 2.75) is 13.5 Å². The van der Waals surface area contributed by atoms with E-state index in [0.717, 1.165) is 11.3 Å². The second-order valence-electron chi connectivity index (χ2n) is 6.09. The highest BCUT2D eigenvalue weighted by molar-refractivity contribution is 5.95. The highest BCUT2D eigenvalue weighted by Crippen LogP contribution is 2.28. The van der Waals surface area contributed by atoms with Gasteiger partial charge in [0.1, 0.15) is 0 Å². The van der Waals surface area contributed by atoms with E-state index in [4.69, 9.17) is 4.74 Å². The van der Waals surface area contributed by atoms with Crippen molar-refractivity contribution >= 4 is 17.3 Å². The molecule has 0 N–H and O–H groups in total. The molecule has 0 aliphatic heterocycles. The lowest BCUT2D eigenvalue weighted by Gasteiger charge is -2.19. The van der Waals surface area contributed by atoms with Gasteiger partial charge in [-0.3, -0.25) is 14.9 Å². The van der Waals surface area contributed by atoms with Crippen LogP contribution in [0, 0.1) is 10.1 Å².